The lowest BCUT2D eigenvalue weighted by Gasteiger charge is -1.97. The summed E-state index contributed by atoms with van der Waals surface area (Å²) in [4.78, 5) is 15.2. The van der Waals surface area contributed by atoms with Crippen LogP contribution < -0.4 is 0 Å². The van der Waals surface area contributed by atoms with Crippen LogP contribution in [0.2, 0.25) is 0 Å². The molecule has 0 bridgehead atoms. The SMILES string of the molecule is C=CCCC(=O)Cc1cccnc1. The van der Waals surface area contributed by atoms with E-state index in [1.807, 2.05) is 12.1 Å². The number of rotatable bonds is 5. The summed E-state index contributed by atoms with van der Waals surface area (Å²) in [6.07, 6.45) is 7.03. The lowest BCUT2D eigenvalue weighted by molar-refractivity contribution is -0.118. The molecule has 13 heavy (non-hydrogen) atoms. The molecule has 0 fully saturated rings. The van der Waals surface area contributed by atoms with Gasteiger partial charge >= 0.3 is 0 Å². The number of hydrogen-bond donors (Lipinski definition) is 0. The summed E-state index contributed by atoms with van der Waals surface area (Å²) in [5, 5.41) is 0. The largest absolute Gasteiger partial charge is 0.299 e. The van der Waals surface area contributed by atoms with E-state index in [1.165, 1.54) is 0 Å². The Morgan fingerprint density at radius 1 is 1.62 bits per heavy atom. The van der Waals surface area contributed by atoms with Crippen LogP contribution in [0.4, 0.5) is 0 Å². The zero-order valence-corrected chi connectivity index (χ0v) is 7.57. The van der Waals surface area contributed by atoms with Gasteiger partial charge in [0.2, 0.25) is 0 Å². The maximum absolute atomic E-state index is 11.3. The molecule has 0 aliphatic heterocycles. The molecule has 0 amide bonds. The summed E-state index contributed by atoms with van der Waals surface area (Å²) in [6.45, 7) is 3.58. The molecule has 68 valence electrons. The lowest BCUT2D eigenvalue weighted by atomic mass is 10.1. The smallest absolute Gasteiger partial charge is 0.137 e. The van der Waals surface area contributed by atoms with Crippen LogP contribution >= 0.6 is 0 Å². The summed E-state index contributed by atoms with van der Waals surface area (Å²) < 4.78 is 0. The van der Waals surface area contributed by atoms with Gasteiger partial charge in [-0.1, -0.05) is 12.1 Å². The van der Waals surface area contributed by atoms with E-state index in [-0.39, 0.29) is 5.78 Å². The number of allylic oxidation sites excluding steroid dienone is 1. The van der Waals surface area contributed by atoms with Gasteiger partial charge in [0.25, 0.3) is 0 Å². The molecule has 1 rings (SSSR count). The highest BCUT2D eigenvalue weighted by atomic mass is 16.1. The monoisotopic (exact) mass is 175 g/mol. The molecule has 0 saturated carbocycles. The van der Waals surface area contributed by atoms with Crippen molar-refractivity contribution >= 4 is 5.78 Å². The molecule has 1 aromatic rings. The number of aromatic nitrogens is 1. The Balaban J connectivity index is 2.41. The van der Waals surface area contributed by atoms with E-state index >= 15 is 0 Å². The second-order valence-electron chi connectivity index (χ2n) is 2.90. The minimum Gasteiger partial charge on any atom is -0.299 e. The van der Waals surface area contributed by atoms with Crippen LogP contribution in [0.25, 0.3) is 0 Å². The molecule has 0 aromatic carbocycles. The van der Waals surface area contributed by atoms with Gasteiger partial charge in [0.15, 0.2) is 0 Å². The average Bonchev–Trinajstić information content (AvgIpc) is 2.16. The topological polar surface area (TPSA) is 30.0 Å². The van der Waals surface area contributed by atoms with Gasteiger partial charge in [-0.15, -0.1) is 6.58 Å². The molecule has 0 spiro atoms. The maximum atomic E-state index is 11.3. The molecule has 1 aromatic heterocycles. The van der Waals surface area contributed by atoms with E-state index in [1.54, 1.807) is 18.5 Å². The van der Waals surface area contributed by atoms with Gasteiger partial charge in [-0.3, -0.25) is 9.78 Å². The van der Waals surface area contributed by atoms with Gasteiger partial charge in [-0.05, 0) is 18.1 Å². The van der Waals surface area contributed by atoms with Crippen molar-refractivity contribution in [1.82, 2.24) is 4.98 Å². The van der Waals surface area contributed by atoms with Crippen molar-refractivity contribution in [3.8, 4) is 0 Å². The Morgan fingerprint density at radius 3 is 3.08 bits per heavy atom. The van der Waals surface area contributed by atoms with Crippen LogP contribution in [0.5, 0.6) is 0 Å². The molecular formula is C11H13NO. The normalized spacial score (nSPS) is 9.54. The van der Waals surface area contributed by atoms with E-state index in [0.717, 1.165) is 12.0 Å². The summed E-state index contributed by atoms with van der Waals surface area (Å²) >= 11 is 0. The molecular weight excluding hydrogens is 162 g/mol. The van der Waals surface area contributed by atoms with Crippen molar-refractivity contribution in [2.75, 3.05) is 0 Å². The standard InChI is InChI=1S/C11H13NO/c1-2-3-6-11(13)8-10-5-4-7-12-9-10/h2,4-5,7,9H,1,3,6,8H2. The molecule has 2 nitrogen and oxygen atoms in total. The minimum atomic E-state index is 0.243. The van der Waals surface area contributed by atoms with Crippen molar-refractivity contribution in [3.05, 3.63) is 42.7 Å². The first-order valence-electron chi connectivity index (χ1n) is 4.34. The predicted octanol–water partition coefficient (Wildman–Crippen LogP) is 2.16. The fraction of sp³-hybridized carbons (Fsp3) is 0.273. The van der Waals surface area contributed by atoms with E-state index in [9.17, 15) is 4.79 Å². The highest BCUT2D eigenvalue weighted by Crippen LogP contribution is 2.01. The molecule has 0 aliphatic rings. The molecule has 2 heteroatoms. The van der Waals surface area contributed by atoms with Crippen molar-refractivity contribution in [3.63, 3.8) is 0 Å². The Kier molecular flexibility index (Phi) is 3.89. The van der Waals surface area contributed by atoms with Gasteiger partial charge in [0, 0.05) is 25.2 Å². The molecule has 0 unspecified atom stereocenters. The molecule has 0 aliphatic carbocycles. The van der Waals surface area contributed by atoms with Crippen LogP contribution in [-0.4, -0.2) is 10.8 Å². The fourth-order valence-electron chi connectivity index (χ4n) is 1.08. The first kappa shape index (κ1) is 9.65. The second kappa shape index (κ2) is 5.25. The molecule has 0 saturated heterocycles. The van der Waals surface area contributed by atoms with E-state index in [4.69, 9.17) is 0 Å². The summed E-state index contributed by atoms with van der Waals surface area (Å²) in [7, 11) is 0. The predicted molar refractivity (Wildman–Crippen MR) is 52.4 cm³/mol. The zero-order chi connectivity index (χ0) is 9.52. The number of carbonyl (C=O) groups excluding carboxylic acids is 1. The van der Waals surface area contributed by atoms with Crippen LogP contribution in [0, 0.1) is 0 Å². The van der Waals surface area contributed by atoms with Crippen molar-refractivity contribution in [2.24, 2.45) is 0 Å². The Bertz CT molecular complexity index is 279. The van der Waals surface area contributed by atoms with Gasteiger partial charge in [-0.25, -0.2) is 0 Å². The number of hydrogen-bond acceptors (Lipinski definition) is 2. The van der Waals surface area contributed by atoms with Gasteiger partial charge in [0.1, 0.15) is 5.78 Å². The van der Waals surface area contributed by atoms with Crippen molar-refractivity contribution in [2.45, 2.75) is 19.3 Å². The zero-order valence-electron chi connectivity index (χ0n) is 7.57. The van der Waals surface area contributed by atoms with Crippen molar-refractivity contribution < 1.29 is 4.79 Å². The Hall–Kier alpha value is -1.44. The number of pyridine rings is 1. The van der Waals surface area contributed by atoms with Gasteiger partial charge in [-0.2, -0.15) is 0 Å². The van der Waals surface area contributed by atoms with Crippen LogP contribution in [0.15, 0.2) is 37.2 Å². The van der Waals surface area contributed by atoms with Gasteiger partial charge in [0.05, 0.1) is 0 Å². The third kappa shape index (κ3) is 3.65. The fourth-order valence-corrected chi connectivity index (χ4v) is 1.08. The van der Waals surface area contributed by atoms with Crippen molar-refractivity contribution in [1.29, 1.82) is 0 Å². The Morgan fingerprint density at radius 2 is 2.46 bits per heavy atom. The van der Waals surface area contributed by atoms with E-state index < -0.39 is 0 Å². The lowest BCUT2D eigenvalue weighted by Crippen LogP contribution is -2.01. The third-order valence-electron chi connectivity index (χ3n) is 1.75. The summed E-state index contributed by atoms with van der Waals surface area (Å²) in [5.74, 6) is 0.243. The number of carbonyl (C=O) groups is 1. The van der Waals surface area contributed by atoms with Crippen LogP contribution in [-0.2, 0) is 11.2 Å². The van der Waals surface area contributed by atoms with Crippen LogP contribution in [0.3, 0.4) is 0 Å². The third-order valence-corrected chi connectivity index (χ3v) is 1.75. The Labute approximate surface area is 78.3 Å². The minimum absolute atomic E-state index is 0.243. The number of nitrogens with zero attached hydrogens (tertiary/aromatic N) is 1. The second-order valence-corrected chi connectivity index (χ2v) is 2.90. The molecule has 1 heterocycles. The van der Waals surface area contributed by atoms with E-state index in [2.05, 4.69) is 11.6 Å². The maximum Gasteiger partial charge on any atom is 0.137 e. The highest BCUT2D eigenvalue weighted by Gasteiger charge is 2.01. The first-order chi connectivity index (χ1) is 6.33. The average molecular weight is 175 g/mol. The number of Topliss-reactive ketones (excluding diaryl/α,β-unsaturated/α-hetero) is 1. The van der Waals surface area contributed by atoms with Crippen LogP contribution in [0.1, 0.15) is 18.4 Å². The number of ketones is 1. The summed E-state index contributed by atoms with van der Waals surface area (Å²) in [6, 6.07) is 3.76. The van der Waals surface area contributed by atoms with Gasteiger partial charge < -0.3 is 0 Å². The first-order valence-corrected chi connectivity index (χ1v) is 4.34. The molecule has 0 N–H and O–H groups in total. The summed E-state index contributed by atoms with van der Waals surface area (Å²) in [5.41, 5.74) is 0.983. The highest BCUT2D eigenvalue weighted by molar-refractivity contribution is 5.80. The van der Waals surface area contributed by atoms with E-state index in [0.29, 0.717) is 12.8 Å². The molecule has 0 atom stereocenters. The molecule has 0 radical (unpaired) electrons. The quantitative estimate of drug-likeness (QED) is 0.642.